The molecule has 2 amide bonds. The molecule has 0 bridgehead atoms. The monoisotopic (exact) mass is 421 g/mol. The molecule has 2 N–H and O–H groups in total. The number of nitrogens with zero attached hydrogens (tertiary/aromatic N) is 3. The minimum Gasteiger partial charge on any atom is -0.339 e. The van der Waals surface area contributed by atoms with Gasteiger partial charge in [-0.1, -0.05) is 6.07 Å². The van der Waals surface area contributed by atoms with E-state index < -0.39 is 0 Å². The number of aromatic nitrogens is 3. The lowest BCUT2D eigenvalue weighted by Crippen LogP contribution is -2.38. The van der Waals surface area contributed by atoms with E-state index in [1.165, 1.54) is 24.2 Å². The highest BCUT2D eigenvalue weighted by Gasteiger charge is 2.30. The van der Waals surface area contributed by atoms with Crippen LogP contribution in [0.5, 0.6) is 0 Å². The Bertz CT molecular complexity index is 1030. The van der Waals surface area contributed by atoms with Gasteiger partial charge in [-0.25, -0.2) is 4.98 Å². The Kier molecular flexibility index (Phi) is 5.08. The van der Waals surface area contributed by atoms with E-state index >= 15 is 0 Å². The van der Waals surface area contributed by atoms with Crippen molar-refractivity contribution in [3.63, 3.8) is 0 Å². The van der Waals surface area contributed by atoms with Crippen LogP contribution in [0.25, 0.3) is 0 Å². The molecule has 8 heteroatoms. The summed E-state index contributed by atoms with van der Waals surface area (Å²) in [6.45, 7) is 1.42. The van der Waals surface area contributed by atoms with Gasteiger partial charge < -0.3 is 10.2 Å². The summed E-state index contributed by atoms with van der Waals surface area (Å²) in [5.74, 6) is 2.70. The molecule has 1 aliphatic carbocycles. The van der Waals surface area contributed by atoms with Gasteiger partial charge in [0.1, 0.15) is 5.82 Å². The molecule has 1 aromatic carbocycles. The van der Waals surface area contributed by atoms with Gasteiger partial charge in [-0.05, 0) is 61.4 Å². The van der Waals surface area contributed by atoms with Crippen molar-refractivity contribution in [2.75, 3.05) is 18.4 Å². The van der Waals surface area contributed by atoms with Crippen LogP contribution in [0.1, 0.15) is 69.2 Å². The van der Waals surface area contributed by atoms with Crippen molar-refractivity contribution in [3.05, 3.63) is 63.9 Å². The van der Waals surface area contributed by atoms with Crippen molar-refractivity contribution in [1.29, 1.82) is 0 Å². The third kappa shape index (κ3) is 4.00. The number of anilines is 1. The quantitative estimate of drug-likeness (QED) is 0.651. The molecule has 3 heterocycles. The molecular weight excluding hydrogens is 398 g/mol. The second-order valence-electron chi connectivity index (χ2n) is 7.93. The first-order valence-electron chi connectivity index (χ1n) is 10.3. The van der Waals surface area contributed by atoms with Crippen molar-refractivity contribution in [2.45, 2.75) is 37.5 Å². The second-order valence-corrected chi connectivity index (χ2v) is 8.88. The number of hydrogen-bond donors (Lipinski definition) is 2. The van der Waals surface area contributed by atoms with Crippen LogP contribution in [0.15, 0.2) is 41.8 Å². The minimum atomic E-state index is -0.136. The van der Waals surface area contributed by atoms with E-state index in [1.54, 1.807) is 30.3 Å². The lowest BCUT2D eigenvalue weighted by molar-refractivity contribution is 0.0711. The van der Waals surface area contributed by atoms with Gasteiger partial charge in [0, 0.05) is 36.2 Å². The van der Waals surface area contributed by atoms with E-state index in [1.807, 2.05) is 16.3 Å². The zero-order valence-corrected chi connectivity index (χ0v) is 17.3. The van der Waals surface area contributed by atoms with Crippen LogP contribution in [0.2, 0.25) is 0 Å². The Morgan fingerprint density at radius 2 is 1.80 bits per heavy atom. The number of carbonyl (C=O) groups excluding carboxylic acids is 2. The second kappa shape index (κ2) is 8.02. The number of nitrogens with one attached hydrogen (secondary N) is 2. The Hall–Kier alpha value is -3.00. The molecule has 0 unspecified atom stereocenters. The molecule has 3 aromatic rings. The number of piperidine rings is 1. The van der Waals surface area contributed by atoms with E-state index in [0.29, 0.717) is 41.1 Å². The maximum absolute atomic E-state index is 12.9. The van der Waals surface area contributed by atoms with Gasteiger partial charge in [0.15, 0.2) is 5.82 Å². The van der Waals surface area contributed by atoms with Crippen molar-refractivity contribution in [2.24, 2.45) is 0 Å². The van der Waals surface area contributed by atoms with Crippen LogP contribution in [0, 0.1) is 0 Å². The van der Waals surface area contributed by atoms with Gasteiger partial charge in [-0.2, -0.15) is 5.10 Å². The van der Waals surface area contributed by atoms with Gasteiger partial charge in [-0.15, -0.1) is 11.3 Å². The smallest absolute Gasteiger partial charge is 0.265 e. The van der Waals surface area contributed by atoms with Crippen molar-refractivity contribution >= 4 is 28.8 Å². The third-order valence-electron chi connectivity index (χ3n) is 5.77. The number of amides is 2. The largest absolute Gasteiger partial charge is 0.339 e. The average Bonchev–Trinajstić information content (AvgIpc) is 3.27. The molecule has 30 heavy (non-hydrogen) atoms. The molecule has 0 radical (unpaired) electrons. The number of aromatic amines is 1. The van der Waals surface area contributed by atoms with Crippen LogP contribution < -0.4 is 5.32 Å². The van der Waals surface area contributed by atoms with Crippen LogP contribution in [0.3, 0.4) is 0 Å². The zero-order valence-electron chi connectivity index (χ0n) is 16.5. The van der Waals surface area contributed by atoms with Crippen molar-refractivity contribution in [1.82, 2.24) is 20.1 Å². The molecule has 1 saturated carbocycles. The molecule has 5 rings (SSSR count). The van der Waals surface area contributed by atoms with E-state index in [-0.39, 0.29) is 11.8 Å². The molecule has 1 saturated heterocycles. The number of likely N-dealkylation sites (tertiary alicyclic amines) is 1. The van der Waals surface area contributed by atoms with Crippen LogP contribution in [-0.4, -0.2) is 45.0 Å². The summed E-state index contributed by atoms with van der Waals surface area (Å²) in [4.78, 5) is 32.2. The fourth-order valence-corrected chi connectivity index (χ4v) is 4.45. The van der Waals surface area contributed by atoms with Gasteiger partial charge in [0.2, 0.25) is 0 Å². The zero-order chi connectivity index (χ0) is 20.5. The molecule has 2 fully saturated rings. The minimum absolute atomic E-state index is 0.0285. The topological polar surface area (TPSA) is 91.0 Å². The van der Waals surface area contributed by atoms with Gasteiger partial charge in [0.25, 0.3) is 11.8 Å². The molecule has 0 spiro atoms. The summed E-state index contributed by atoms with van der Waals surface area (Å²) in [7, 11) is 0. The van der Waals surface area contributed by atoms with E-state index in [9.17, 15) is 9.59 Å². The number of H-pyrrole nitrogens is 1. The summed E-state index contributed by atoms with van der Waals surface area (Å²) in [6, 6.07) is 10.7. The number of carbonyl (C=O) groups is 2. The molecule has 2 aromatic heterocycles. The predicted molar refractivity (Wildman–Crippen MR) is 115 cm³/mol. The summed E-state index contributed by atoms with van der Waals surface area (Å²) in [5.41, 5.74) is 1.32. The normalized spacial score (nSPS) is 17.1. The Balaban J connectivity index is 1.16. The number of hydrogen-bond acceptors (Lipinski definition) is 5. The van der Waals surface area contributed by atoms with E-state index in [4.69, 9.17) is 0 Å². The van der Waals surface area contributed by atoms with Gasteiger partial charge >= 0.3 is 0 Å². The summed E-state index contributed by atoms with van der Waals surface area (Å²) in [5, 5.41) is 12.2. The Labute approximate surface area is 178 Å². The van der Waals surface area contributed by atoms with Crippen LogP contribution in [0.4, 0.5) is 5.69 Å². The fourth-order valence-electron chi connectivity index (χ4n) is 3.83. The number of thiophene rings is 1. The van der Waals surface area contributed by atoms with Crippen molar-refractivity contribution < 1.29 is 9.59 Å². The first-order chi connectivity index (χ1) is 14.7. The van der Waals surface area contributed by atoms with Crippen LogP contribution in [-0.2, 0) is 0 Å². The standard InChI is InChI=1S/C22H23N5O2S/c28-21(18-2-1-13-30-18)23-17-7-5-16(6-8-17)22(29)27-11-9-15(10-12-27)20-24-19(25-26-20)14-3-4-14/h1-2,5-8,13-15H,3-4,9-12H2,(H,23,28)(H,24,25,26). The number of benzene rings is 1. The lowest BCUT2D eigenvalue weighted by Gasteiger charge is -2.31. The fraction of sp³-hybridized carbons (Fsp3) is 0.364. The maximum atomic E-state index is 12.9. The molecule has 1 aliphatic heterocycles. The van der Waals surface area contributed by atoms with Crippen molar-refractivity contribution in [3.8, 4) is 0 Å². The summed E-state index contributed by atoms with van der Waals surface area (Å²) in [6.07, 6.45) is 4.17. The molecule has 0 atom stereocenters. The Morgan fingerprint density at radius 1 is 1.03 bits per heavy atom. The number of rotatable bonds is 5. The molecular formula is C22H23N5O2S. The highest BCUT2D eigenvalue weighted by molar-refractivity contribution is 7.12. The predicted octanol–water partition coefficient (Wildman–Crippen LogP) is 4.02. The summed E-state index contributed by atoms with van der Waals surface area (Å²) >= 11 is 1.40. The maximum Gasteiger partial charge on any atom is 0.265 e. The average molecular weight is 422 g/mol. The third-order valence-corrected chi connectivity index (χ3v) is 6.63. The Morgan fingerprint density at radius 3 is 2.47 bits per heavy atom. The van der Waals surface area contributed by atoms with Gasteiger partial charge in [-0.3, -0.25) is 14.7 Å². The van der Waals surface area contributed by atoms with E-state index in [2.05, 4.69) is 20.5 Å². The van der Waals surface area contributed by atoms with Crippen LogP contribution >= 0.6 is 11.3 Å². The molecule has 2 aliphatic rings. The first kappa shape index (κ1) is 19.0. The van der Waals surface area contributed by atoms with Gasteiger partial charge in [0.05, 0.1) is 4.88 Å². The molecule has 154 valence electrons. The summed E-state index contributed by atoms with van der Waals surface area (Å²) < 4.78 is 0. The SMILES string of the molecule is O=C(Nc1ccc(C(=O)N2CCC(c3nc(C4CC4)n[nH]3)CC2)cc1)c1cccs1. The highest BCUT2D eigenvalue weighted by atomic mass is 32.1. The highest BCUT2D eigenvalue weighted by Crippen LogP contribution is 2.38. The lowest BCUT2D eigenvalue weighted by atomic mass is 9.95. The van der Waals surface area contributed by atoms with E-state index in [0.717, 1.165) is 24.5 Å². The molecule has 7 nitrogen and oxygen atoms in total. The first-order valence-corrected chi connectivity index (χ1v) is 11.2.